The van der Waals surface area contributed by atoms with Crippen molar-refractivity contribution in [1.29, 1.82) is 0 Å². The van der Waals surface area contributed by atoms with Crippen LogP contribution in [0.3, 0.4) is 0 Å². The molecule has 180 valence electrons. The number of fused-ring (bicyclic) bond motifs is 4. The molecule has 0 spiro atoms. The van der Waals surface area contributed by atoms with Gasteiger partial charge in [-0.05, 0) is 37.1 Å². The number of aliphatic imine (C=N–C) groups is 1. The molecule has 6 rings (SSSR count). The van der Waals surface area contributed by atoms with Gasteiger partial charge in [-0.25, -0.2) is 4.98 Å². The van der Waals surface area contributed by atoms with Crippen LogP contribution >= 0.6 is 0 Å². The van der Waals surface area contributed by atoms with E-state index in [0.717, 1.165) is 34.4 Å². The van der Waals surface area contributed by atoms with Crippen molar-refractivity contribution in [3.05, 3.63) is 82.3 Å². The van der Waals surface area contributed by atoms with Crippen LogP contribution in [0.15, 0.2) is 47.7 Å². The van der Waals surface area contributed by atoms with Crippen LogP contribution in [0, 0.1) is 26.8 Å². The molecule has 1 N–H and O–H groups in total. The van der Waals surface area contributed by atoms with Crippen molar-refractivity contribution in [3.63, 3.8) is 0 Å². The van der Waals surface area contributed by atoms with E-state index < -0.39 is 5.60 Å². The summed E-state index contributed by atoms with van der Waals surface area (Å²) in [6, 6.07) is 12.4. The van der Waals surface area contributed by atoms with E-state index in [-0.39, 0.29) is 32.9 Å². The molecule has 4 heterocycles. The standard InChI is InChI=1S/C27H23N4O3.Pt/c1-14-9-17(26-31-25-19-7-8-28-13-18(19)12-27(25,4)34-26)11-22(16(14)3)33-23-6-5-20-24(30-23)21(32)10-15(2)29-20;/h5-10,13,25H,12H2,1-4H3,(H,29,32);/q-1;/t25-,27+;/m0./s1. The van der Waals surface area contributed by atoms with E-state index in [1.807, 2.05) is 39.1 Å². The third-order valence-electron chi connectivity index (χ3n) is 6.64. The van der Waals surface area contributed by atoms with Crippen LogP contribution in [-0.2, 0) is 32.2 Å². The molecule has 1 aromatic carbocycles. The maximum atomic E-state index is 10.3. The molecule has 1 aliphatic carbocycles. The summed E-state index contributed by atoms with van der Waals surface area (Å²) in [5.74, 6) is 1.53. The first-order valence-corrected chi connectivity index (χ1v) is 11.2. The van der Waals surface area contributed by atoms with Gasteiger partial charge in [-0.15, -0.1) is 11.6 Å². The van der Waals surface area contributed by atoms with Crippen molar-refractivity contribution in [1.82, 2.24) is 15.0 Å². The van der Waals surface area contributed by atoms with Gasteiger partial charge in [0.05, 0.1) is 11.3 Å². The molecule has 0 saturated heterocycles. The maximum Gasteiger partial charge on any atom is 0.217 e. The Labute approximate surface area is 217 Å². The molecule has 0 fully saturated rings. The van der Waals surface area contributed by atoms with Crippen molar-refractivity contribution < 1.29 is 35.6 Å². The number of rotatable bonds is 3. The number of pyridine rings is 3. The average molecular weight is 647 g/mol. The zero-order chi connectivity index (χ0) is 23.6. The second kappa shape index (κ2) is 8.42. The van der Waals surface area contributed by atoms with Gasteiger partial charge < -0.3 is 14.6 Å². The van der Waals surface area contributed by atoms with E-state index in [2.05, 4.69) is 27.9 Å². The molecule has 7 nitrogen and oxygen atoms in total. The molecule has 0 bridgehead atoms. The normalized spacial score (nSPS) is 20.0. The fourth-order valence-electron chi connectivity index (χ4n) is 4.78. The van der Waals surface area contributed by atoms with Crippen LogP contribution in [0.4, 0.5) is 0 Å². The van der Waals surface area contributed by atoms with Gasteiger partial charge in [0.2, 0.25) is 5.88 Å². The van der Waals surface area contributed by atoms with E-state index in [4.69, 9.17) is 14.5 Å². The zero-order valence-electron chi connectivity index (χ0n) is 19.7. The second-order valence-electron chi connectivity index (χ2n) is 9.22. The molecule has 0 amide bonds. The van der Waals surface area contributed by atoms with Crippen molar-refractivity contribution in [2.24, 2.45) is 4.99 Å². The van der Waals surface area contributed by atoms with Gasteiger partial charge in [0.1, 0.15) is 28.8 Å². The van der Waals surface area contributed by atoms with E-state index >= 15 is 0 Å². The van der Waals surface area contributed by atoms with Crippen molar-refractivity contribution >= 4 is 16.9 Å². The number of benzene rings is 1. The predicted octanol–water partition coefficient (Wildman–Crippen LogP) is 5.08. The Morgan fingerprint density at radius 3 is 2.80 bits per heavy atom. The number of aryl methyl sites for hydroxylation is 2. The van der Waals surface area contributed by atoms with Crippen LogP contribution in [-0.4, -0.2) is 31.6 Å². The fourth-order valence-corrected chi connectivity index (χ4v) is 4.78. The van der Waals surface area contributed by atoms with Crippen molar-refractivity contribution in [3.8, 4) is 17.4 Å². The molecule has 0 saturated carbocycles. The quantitative estimate of drug-likeness (QED) is 0.313. The Morgan fingerprint density at radius 1 is 1.14 bits per heavy atom. The van der Waals surface area contributed by atoms with Gasteiger partial charge in [-0.1, -0.05) is 31.0 Å². The minimum absolute atomic E-state index is 0. The summed E-state index contributed by atoms with van der Waals surface area (Å²) in [6.45, 7) is 7.91. The predicted molar refractivity (Wildman–Crippen MR) is 127 cm³/mol. The largest absolute Gasteiger partial charge is 0.511 e. The SMILES string of the molecule is Cc1cc(O)c2nc(Oc3[c-]c(C4=N[C@H]5c6ccncc6C[C@@]5(C)O4)cc(C)c3C)ccc2n1.[Pt]. The third kappa shape index (κ3) is 3.88. The Balaban J connectivity index is 0.00000253. The molecule has 0 unspecified atom stereocenters. The van der Waals surface area contributed by atoms with E-state index in [1.54, 1.807) is 24.4 Å². The molecular formula is C27H23N4O3Pt-. The first kappa shape index (κ1) is 23.4. The van der Waals surface area contributed by atoms with Gasteiger partial charge in [0, 0.05) is 57.7 Å². The topological polar surface area (TPSA) is 89.7 Å². The third-order valence-corrected chi connectivity index (χ3v) is 6.64. The summed E-state index contributed by atoms with van der Waals surface area (Å²) in [5, 5.41) is 10.3. The zero-order valence-corrected chi connectivity index (χ0v) is 22.0. The second-order valence-corrected chi connectivity index (χ2v) is 9.22. The molecule has 4 aromatic rings. The molecule has 3 aromatic heterocycles. The Morgan fingerprint density at radius 2 is 1.97 bits per heavy atom. The van der Waals surface area contributed by atoms with Gasteiger partial charge in [-0.3, -0.25) is 15.0 Å². The van der Waals surface area contributed by atoms with Gasteiger partial charge in [-0.2, -0.15) is 0 Å². The van der Waals surface area contributed by atoms with E-state index in [0.29, 0.717) is 28.6 Å². The first-order chi connectivity index (χ1) is 16.3. The summed E-state index contributed by atoms with van der Waals surface area (Å²) in [4.78, 5) is 18.1. The summed E-state index contributed by atoms with van der Waals surface area (Å²) in [6.07, 6.45) is 4.47. The van der Waals surface area contributed by atoms with Crippen LogP contribution in [0.5, 0.6) is 17.4 Å². The van der Waals surface area contributed by atoms with Gasteiger partial charge >= 0.3 is 0 Å². The minimum Gasteiger partial charge on any atom is -0.511 e. The summed E-state index contributed by atoms with van der Waals surface area (Å²) in [5.41, 5.74) is 6.36. The van der Waals surface area contributed by atoms with Crippen LogP contribution in [0.1, 0.15) is 46.5 Å². The van der Waals surface area contributed by atoms with Crippen LogP contribution in [0.25, 0.3) is 11.0 Å². The fraction of sp³-hybridized carbons (Fsp3) is 0.259. The Hall–Kier alpha value is -3.31. The monoisotopic (exact) mass is 646 g/mol. The molecule has 35 heavy (non-hydrogen) atoms. The average Bonchev–Trinajstić information content (AvgIpc) is 3.27. The van der Waals surface area contributed by atoms with Gasteiger partial charge in [0.15, 0.2) is 0 Å². The Bertz CT molecular complexity index is 1520. The van der Waals surface area contributed by atoms with E-state index in [1.165, 1.54) is 5.56 Å². The van der Waals surface area contributed by atoms with Crippen LogP contribution in [0.2, 0.25) is 0 Å². The van der Waals surface area contributed by atoms with Crippen molar-refractivity contribution in [2.75, 3.05) is 0 Å². The summed E-state index contributed by atoms with van der Waals surface area (Å²) >= 11 is 0. The van der Waals surface area contributed by atoms with Crippen LogP contribution < -0.4 is 4.74 Å². The number of aromatic hydroxyl groups is 1. The molecular weight excluding hydrogens is 623 g/mol. The van der Waals surface area contributed by atoms with Gasteiger partial charge in [0.25, 0.3) is 0 Å². The summed E-state index contributed by atoms with van der Waals surface area (Å²) in [7, 11) is 0. The number of nitrogens with zero attached hydrogens (tertiary/aromatic N) is 4. The molecule has 8 heteroatoms. The smallest absolute Gasteiger partial charge is 0.217 e. The number of aromatic nitrogens is 3. The number of hydrogen-bond donors (Lipinski definition) is 1. The number of hydrogen-bond acceptors (Lipinski definition) is 7. The molecule has 0 radical (unpaired) electrons. The molecule has 2 aliphatic rings. The molecule has 2 atom stereocenters. The Kier molecular flexibility index (Phi) is 5.63. The van der Waals surface area contributed by atoms with Crippen molar-refractivity contribution in [2.45, 2.75) is 45.8 Å². The maximum absolute atomic E-state index is 10.3. The summed E-state index contributed by atoms with van der Waals surface area (Å²) < 4.78 is 12.5. The first-order valence-electron chi connectivity index (χ1n) is 11.2. The number of ether oxygens (including phenoxy) is 2. The minimum atomic E-state index is -0.434. The van der Waals surface area contributed by atoms with E-state index in [9.17, 15) is 5.11 Å². The molecule has 1 aliphatic heterocycles.